The van der Waals surface area contributed by atoms with Crippen molar-refractivity contribution in [3.05, 3.63) is 0 Å². The first kappa shape index (κ1) is 16.0. The maximum Gasteiger partial charge on any atom is 0.310 e. The molecule has 1 atom stereocenters. The number of rotatable bonds is 5. The lowest BCUT2D eigenvalue weighted by Crippen LogP contribution is -2.46. The molecule has 1 amide bonds. The van der Waals surface area contributed by atoms with Crippen LogP contribution in [0.5, 0.6) is 0 Å². The van der Waals surface area contributed by atoms with Crippen LogP contribution in [-0.4, -0.2) is 61.0 Å². The van der Waals surface area contributed by atoms with E-state index in [1.165, 1.54) is 0 Å². The summed E-state index contributed by atoms with van der Waals surface area (Å²) in [5, 5.41) is 0. The number of hydrogen-bond donors (Lipinski definition) is 0. The monoisotopic (exact) mass is 270 g/mol. The fraction of sp³-hybridized carbons (Fsp3) is 0.857. The molecular formula is C14H26N2O3. The molecule has 1 saturated heterocycles. The van der Waals surface area contributed by atoms with E-state index in [-0.39, 0.29) is 23.8 Å². The normalized spacial score (nSPS) is 20.4. The Morgan fingerprint density at radius 1 is 1.42 bits per heavy atom. The van der Waals surface area contributed by atoms with Crippen LogP contribution in [0.3, 0.4) is 0 Å². The van der Waals surface area contributed by atoms with E-state index in [1.54, 1.807) is 4.90 Å². The van der Waals surface area contributed by atoms with Crippen LogP contribution >= 0.6 is 0 Å². The van der Waals surface area contributed by atoms with Crippen LogP contribution < -0.4 is 0 Å². The Morgan fingerprint density at radius 2 is 2.11 bits per heavy atom. The fourth-order valence-electron chi connectivity index (χ4n) is 2.24. The van der Waals surface area contributed by atoms with Crippen molar-refractivity contribution in [1.82, 2.24) is 9.80 Å². The second kappa shape index (κ2) is 7.48. The van der Waals surface area contributed by atoms with Gasteiger partial charge in [-0.2, -0.15) is 0 Å². The Kier molecular flexibility index (Phi) is 6.28. The van der Waals surface area contributed by atoms with Crippen LogP contribution in [0.1, 0.15) is 33.6 Å². The van der Waals surface area contributed by atoms with E-state index in [9.17, 15) is 9.59 Å². The molecule has 19 heavy (non-hydrogen) atoms. The molecule has 110 valence electrons. The highest BCUT2D eigenvalue weighted by Crippen LogP contribution is 2.18. The minimum atomic E-state index is -0.128. The highest BCUT2D eigenvalue weighted by Gasteiger charge is 2.28. The molecule has 5 heteroatoms. The van der Waals surface area contributed by atoms with E-state index < -0.39 is 0 Å². The van der Waals surface area contributed by atoms with Gasteiger partial charge >= 0.3 is 5.97 Å². The zero-order chi connectivity index (χ0) is 14.4. The second-order valence-corrected chi connectivity index (χ2v) is 5.42. The molecule has 0 bridgehead atoms. The Labute approximate surface area is 115 Å². The second-order valence-electron chi connectivity index (χ2n) is 5.42. The van der Waals surface area contributed by atoms with Gasteiger partial charge in [-0.3, -0.25) is 14.5 Å². The predicted octanol–water partition coefficient (Wildman–Crippen LogP) is 1.13. The van der Waals surface area contributed by atoms with Gasteiger partial charge in [0.2, 0.25) is 5.91 Å². The van der Waals surface area contributed by atoms with Crippen LogP contribution in [0.4, 0.5) is 0 Å². The zero-order valence-electron chi connectivity index (χ0n) is 12.5. The van der Waals surface area contributed by atoms with Gasteiger partial charge in [-0.25, -0.2) is 0 Å². The Morgan fingerprint density at radius 3 is 2.68 bits per heavy atom. The van der Waals surface area contributed by atoms with E-state index in [0.29, 0.717) is 19.7 Å². The lowest BCUT2D eigenvalue weighted by molar-refractivity contribution is -0.150. The third kappa shape index (κ3) is 4.82. The standard InChI is InChI=1S/C14H26N2O3/c1-5-19-14(18)12-7-6-8-16(9-12)10-13(17)15(4)11(2)3/h11-12H,5-10H2,1-4H3/t12-/m0/s1. The molecule has 0 unspecified atom stereocenters. The Balaban J connectivity index is 2.47. The molecule has 0 radical (unpaired) electrons. The fourth-order valence-corrected chi connectivity index (χ4v) is 2.24. The molecule has 1 heterocycles. The summed E-state index contributed by atoms with van der Waals surface area (Å²) in [5.74, 6) is -0.0952. The number of likely N-dealkylation sites (N-methyl/N-ethyl adjacent to an activating group) is 1. The summed E-state index contributed by atoms with van der Waals surface area (Å²) < 4.78 is 5.06. The van der Waals surface area contributed by atoms with Gasteiger partial charge in [0.05, 0.1) is 19.1 Å². The van der Waals surface area contributed by atoms with Gasteiger partial charge in [0.25, 0.3) is 0 Å². The molecule has 0 aliphatic carbocycles. The molecule has 1 aliphatic rings. The number of piperidine rings is 1. The zero-order valence-corrected chi connectivity index (χ0v) is 12.5. The molecule has 1 rings (SSSR count). The first-order chi connectivity index (χ1) is 8.95. The summed E-state index contributed by atoms with van der Waals surface area (Å²) in [6.45, 7) is 8.14. The third-order valence-corrected chi connectivity index (χ3v) is 3.65. The molecule has 0 aromatic rings. The van der Waals surface area contributed by atoms with Gasteiger partial charge in [-0.15, -0.1) is 0 Å². The minimum Gasteiger partial charge on any atom is -0.466 e. The van der Waals surface area contributed by atoms with Crippen molar-refractivity contribution >= 4 is 11.9 Å². The highest BCUT2D eigenvalue weighted by atomic mass is 16.5. The average Bonchev–Trinajstić information content (AvgIpc) is 2.38. The molecule has 0 saturated carbocycles. The first-order valence-corrected chi connectivity index (χ1v) is 7.10. The molecular weight excluding hydrogens is 244 g/mol. The first-order valence-electron chi connectivity index (χ1n) is 7.10. The Bertz CT molecular complexity index is 318. The van der Waals surface area contributed by atoms with Crippen molar-refractivity contribution in [3.63, 3.8) is 0 Å². The number of hydrogen-bond acceptors (Lipinski definition) is 4. The summed E-state index contributed by atoms with van der Waals surface area (Å²) in [5.41, 5.74) is 0. The molecule has 0 aromatic carbocycles. The summed E-state index contributed by atoms with van der Waals surface area (Å²) in [7, 11) is 1.82. The number of likely N-dealkylation sites (tertiary alicyclic amines) is 1. The van der Waals surface area contributed by atoms with E-state index >= 15 is 0 Å². The van der Waals surface area contributed by atoms with Gasteiger partial charge < -0.3 is 9.64 Å². The van der Waals surface area contributed by atoms with Crippen LogP contribution in [0, 0.1) is 5.92 Å². The predicted molar refractivity (Wildman–Crippen MR) is 73.7 cm³/mol. The van der Waals surface area contributed by atoms with Crippen molar-refractivity contribution in [2.75, 3.05) is 33.3 Å². The number of ether oxygens (including phenoxy) is 1. The van der Waals surface area contributed by atoms with Crippen LogP contribution in [0.25, 0.3) is 0 Å². The van der Waals surface area contributed by atoms with Gasteiger partial charge in [0.15, 0.2) is 0 Å². The summed E-state index contributed by atoms with van der Waals surface area (Å²) in [4.78, 5) is 27.6. The third-order valence-electron chi connectivity index (χ3n) is 3.65. The maximum atomic E-state index is 12.0. The van der Waals surface area contributed by atoms with Gasteiger partial charge in [-0.1, -0.05) is 0 Å². The van der Waals surface area contributed by atoms with Crippen molar-refractivity contribution < 1.29 is 14.3 Å². The van der Waals surface area contributed by atoms with E-state index in [1.807, 2.05) is 27.8 Å². The van der Waals surface area contributed by atoms with Crippen molar-refractivity contribution in [1.29, 1.82) is 0 Å². The number of carbonyl (C=O) groups excluding carboxylic acids is 2. The molecule has 0 N–H and O–H groups in total. The minimum absolute atomic E-state index is 0.0779. The maximum absolute atomic E-state index is 12.0. The number of nitrogens with zero attached hydrogens (tertiary/aromatic N) is 2. The largest absolute Gasteiger partial charge is 0.466 e. The molecule has 5 nitrogen and oxygen atoms in total. The number of amides is 1. The van der Waals surface area contributed by atoms with Crippen molar-refractivity contribution in [2.24, 2.45) is 5.92 Å². The van der Waals surface area contributed by atoms with Gasteiger partial charge in [-0.05, 0) is 40.2 Å². The molecule has 0 spiro atoms. The highest BCUT2D eigenvalue weighted by molar-refractivity contribution is 5.78. The molecule has 0 aromatic heterocycles. The lowest BCUT2D eigenvalue weighted by Gasteiger charge is -2.32. The molecule has 1 fully saturated rings. The van der Waals surface area contributed by atoms with Crippen LogP contribution in [-0.2, 0) is 14.3 Å². The van der Waals surface area contributed by atoms with Gasteiger partial charge in [0.1, 0.15) is 0 Å². The smallest absolute Gasteiger partial charge is 0.310 e. The Hall–Kier alpha value is -1.10. The van der Waals surface area contributed by atoms with Gasteiger partial charge in [0, 0.05) is 19.6 Å². The number of carbonyl (C=O) groups is 2. The quantitative estimate of drug-likeness (QED) is 0.703. The van der Waals surface area contributed by atoms with Crippen molar-refractivity contribution in [3.8, 4) is 0 Å². The SMILES string of the molecule is CCOC(=O)[C@H]1CCCN(CC(=O)N(C)C(C)C)C1. The summed E-state index contributed by atoms with van der Waals surface area (Å²) in [6, 6.07) is 0.207. The van der Waals surface area contributed by atoms with Crippen LogP contribution in [0.15, 0.2) is 0 Å². The van der Waals surface area contributed by atoms with Crippen LogP contribution in [0.2, 0.25) is 0 Å². The van der Waals surface area contributed by atoms with E-state index in [4.69, 9.17) is 4.74 Å². The van der Waals surface area contributed by atoms with Crippen molar-refractivity contribution in [2.45, 2.75) is 39.7 Å². The number of esters is 1. The van der Waals surface area contributed by atoms with E-state index in [2.05, 4.69) is 4.90 Å². The topological polar surface area (TPSA) is 49.9 Å². The lowest BCUT2D eigenvalue weighted by atomic mass is 9.98. The summed E-state index contributed by atoms with van der Waals surface area (Å²) in [6.07, 6.45) is 1.81. The van der Waals surface area contributed by atoms with E-state index in [0.717, 1.165) is 19.4 Å². The summed E-state index contributed by atoms with van der Waals surface area (Å²) >= 11 is 0. The average molecular weight is 270 g/mol. The molecule has 1 aliphatic heterocycles.